The number of nitrogens with zero attached hydrogens (tertiary/aromatic N) is 2. The van der Waals surface area contributed by atoms with Gasteiger partial charge >= 0.3 is 0 Å². The zero-order chi connectivity index (χ0) is 10.5. The van der Waals surface area contributed by atoms with Crippen LogP contribution in [0.15, 0.2) is 12.4 Å². The summed E-state index contributed by atoms with van der Waals surface area (Å²) in [5.74, 6) is 2.04. The van der Waals surface area contributed by atoms with Gasteiger partial charge in [0.2, 0.25) is 5.95 Å². The molecule has 0 aromatic carbocycles. The van der Waals surface area contributed by atoms with Crippen LogP contribution in [0.25, 0.3) is 0 Å². The van der Waals surface area contributed by atoms with Crippen molar-refractivity contribution < 1.29 is 0 Å². The van der Waals surface area contributed by atoms with Crippen molar-refractivity contribution in [2.75, 3.05) is 11.9 Å². The van der Waals surface area contributed by atoms with Gasteiger partial charge in [0.15, 0.2) is 0 Å². The number of nitrogens with one attached hydrogen (secondary N) is 1. The summed E-state index contributed by atoms with van der Waals surface area (Å²) < 4.78 is 2.24. The second-order valence-electron chi connectivity index (χ2n) is 4.46. The third-order valence-corrected chi connectivity index (χ3v) is 3.00. The maximum atomic E-state index is 4.34. The Morgan fingerprint density at radius 3 is 3.13 bits per heavy atom. The molecular formula is C12H21N3. The number of anilines is 1. The van der Waals surface area contributed by atoms with Crippen LogP contribution in [0.4, 0.5) is 5.95 Å². The second-order valence-corrected chi connectivity index (χ2v) is 4.46. The average molecular weight is 207 g/mol. The monoisotopic (exact) mass is 207 g/mol. The zero-order valence-electron chi connectivity index (χ0n) is 9.58. The SMILES string of the molecule is CCCCNc1nccn1CCC1CC1. The minimum Gasteiger partial charge on any atom is -0.356 e. The molecule has 0 bridgehead atoms. The van der Waals surface area contributed by atoms with Gasteiger partial charge in [-0.15, -0.1) is 0 Å². The Morgan fingerprint density at radius 1 is 1.53 bits per heavy atom. The molecule has 1 saturated carbocycles. The Balaban J connectivity index is 1.78. The molecular weight excluding hydrogens is 186 g/mol. The highest BCUT2D eigenvalue weighted by Crippen LogP contribution is 2.32. The van der Waals surface area contributed by atoms with E-state index in [1.165, 1.54) is 32.1 Å². The van der Waals surface area contributed by atoms with Gasteiger partial charge in [-0.2, -0.15) is 0 Å². The summed E-state index contributed by atoms with van der Waals surface area (Å²) in [5.41, 5.74) is 0. The van der Waals surface area contributed by atoms with E-state index in [0.29, 0.717) is 0 Å². The highest BCUT2D eigenvalue weighted by Gasteiger charge is 2.20. The number of aromatic nitrogens is 2. The van der Waals surface area contributed by atoms with Crippen LogP contribution >= 0.6 is 0 Å². The summed E-state index contributed by atoms with van der Waals surface area (Å²) >= 11 is 0. The number of imidazole rings is 1. The zero-order valence-corrected chi connectivity index (χ0v) is 9.58. The van der Waals surface area contributed by atoms with Crippen molar-refractivity contribution in [3.63, 3.8) is 0 Å². The molecule has 1 fully saturated rings. The molecule has 1 heterocycles. The van der Waals surface area contributed by atoms with Crippen LogP contribution in [0.3, 0.4) is 0 Å². The molecule has 3 heteroatoms. The maximum absolute atomic E-state index is 4.34. The van der Waals surface area contributed by atoms with Gasteiger partial charge in [0.1, 0.15) is 0 Å². The molecule has 0 amide bonds. The molecule has 84 valence electrons. The molecule has 1 aliphatic carbocycles. The second kappa shape index (κ2) is 5.19. The van der Waals surface area contributed by atoms with E-state index in [2.05, 4.69) is 28.0 Å². The first-order valence-corrected chi connectivity index (χ1v) is 6.15. The van der Waals surface area contributed by atoms with E-state index >= 15 is 0 Å². The molecule has 0 radical (unpaired) electrons. The molecule has 0 atom stereocenters. The van der Waals surface area contributed by atoms with Gasteiger partial charge in [-0.3, -0.25) is 0 Å². The molecule has 1 N–H and O–H groups in total. The lowest BCUT2D eigenvalue weighted by molar-refractivity contribution is 0.599. The third kappa shape index (κ3) is 3.26. The average Bonchev–Trinajstić information content (AvgIpc) is 2.97. The van der Waals surface area contributed by atoms with Crippen molar-refractivity contribution in [2.24, 2.45) is 5.92 Å². The summed E-state index contributed by atoms with van der Waals surface area (Å²) in [6.45, 7) is 4.37. The lowest BCUT2D eigenvalue weighted by Gasteiger charge is -2.08. The van der Waals surface area contributed by atoms with Gasteiger partial charge in [-0.25, -0.2) is 4.98 Å². The number of hydrogen-bond acceptors (Lipinski definition) is 2. The van der Waals surface area contributed by atoms with E-state index < -0.39 is 0 Å². The van der Waals surface area contributed by atoms with Gasteiger partial charge in [0, 0.05) is 25.5 Å². The Bertz CT molecular complexity index is 289. The highest BCUT2D eigenvalue weighted by molar-refractivity contribution is 5.25. The molecule has 0 aliphatic heterocycles. The molecule has 3 nitrogen and oxygen atoms in total. The third-order valence-electron chi connectivity index (χ3n) is 3.00. The van der Waals surface area contributed by atoms with Crippen molar-refractivity contribution in [2.45, 2.75) is 45.6 Å². The predicted octanol–water partition coefficient (Wildman–Crippen LogP) is 2.90. The van der Waals surface area contributed by atoms with Gasteiger partial charge in [0.25, 0.3) is 0 Å². The van der Waals surface area contributed by atoms with Crippen LogP contribution in [0.1, 0.15) is 39.0 Å². The number of unbranched alkanes of at least 4 members (excludes halogenated alkanes) is 1. The summed E-state index contributed by atoms with van der Waals surface area (Å²) in [4.78, 5) is 4.34. The van der Waals surface area contributed by atoms with Gasteiger partial charge in [-0.1, -0.05) is 26.2 Å². The van der Waals surface area contributed by atoms with E-state index in [1.54, 1.807) is 0 Å². The van der Waals surface area contributed by atoms with E-state index in [4.69, 9.17) is 0 Å². The van der Waals surface area contributed by atoms with Crippen molar-refractivity contribution in [1.82, 2.24) is 9.55 Å². The number of hydrogen-bond donors (Lipinski definition) is 1. The smallest absolute Gasteiger partial charge is 0.202 e. The normalized spacial score (nSPS) is 15.5. The molecule has 2 rings (SSSR count). The number of rotatable bonds is 7. The summed E-state index contributed by atoms with van der Waals surface area (Å²) in [6.07, 6.45) is 10.6. The Morgan fingerprint density at radius 2 is 2.40 bits per heavy atom. The van der Waals surface area contributed by atoms with E-state index in [1.807, 2.05) is 6.20 Å². The van der Waals surface area contributed by atoms with Crippen LogP contribution in [0.2, 0.25) is 0 Å². The lowest BCUT2D eigenvalue weighted by atomic mass is 10.3. The quantitative estimate of drug-likeness (QED) is 0.697. The lowest BCUT2D eigenvalue weighted by Crippen LogP contribution is -2.08. The highest BCUT2D eigenvalue weighted by atomic mass is 15.2. The predicted molar refractivity (Wildman–Crippen MR) is 63.0 cm³/mol. The van der Waals surface area contributed by atoms with Gasteiger partial charge in [-0.05, 0) is 18.8 Å². The van der Waals surface area contributed by atoms with Gasteiger partial charge < -0.3 is 9.88 Å². The molecule has 1 aliphatic rings. The first kappa shape index (κ1) is 10.5. The van der Waals surface area contributed by atoms with Crippen LogP contribution in [0.5, 0.6) is 0 Å². The van der Waals surface area contributed by atoms with Crippen molar-refractivity contribution in [3.05, 3.63) is 12.4 Å². The molecule has 0 saturated heterocycles. The van der Waals surface area contributed by atoms with E-state index in [-0.39, 0.29) is 0 Å². The number of aryl methyl sites for hydroxylation is 1. The molecule has 0 unspecified atom stereocenters. The first-order valence-electron chi connectivity index (χ1n) is 6.15. The fraction of sp³-hybridized carbons (Fsp3) is 0.750. The molecule has 15 heavy (non-hydrogen) atoms. The largest absolute Gasteiger partial charge is 0.356 e. The summed E-state index contributed by atoms with van der Waals surface area (Å²) in [7, 11) is 0. The Labute approximate surface area is 91.9 Å². The summed E-state index contributed by atoms with van der Waals surface area (Å²) in [6, 6.07) is 0. The summed E-state index contributed by atoms with van der Waals surface area (Å²) in [5, 5.41) is 3.39. The van der Waals surface area contributed by atoms with Crippen LogP contribution in [-0.2, 0) is 6.54 Å². The van der Waals surface area contributed by atoms with Crippen LogP contribution < -0.4 is 5.32 Å². The maximum Gasteiger partial charge on any atom is 0.202 e. The van der Waals surface area contributed by atoms with Crippen molar-refractivity contribution in [1.29, 1.82) is 0 Å². The van der Waals surface area contributed by atoms with Crippen molar-refractivity contribution >= 4 is 5.95 Å². The van der Waals surface area contributed by atoms with Crippen LogP contribution in [0, 0.1) is 5.92 Å². The van der Waals surface area contributed by atoms with Crippen LogP contribution in [-0.4, -0.2) is 16.1 Å². The topological polar surface area (TPSA) is 29.9 Å². The first-order chi connectivity index (χ1) is 7.40. The van der Waals surface area contributed by atoms with E-state index in [0.717, 1.165) is 25.0 Å². The van der Waals surface area contributed by atoms with E-state index in [9.17, 15) is 0 Å². The fourth-order valence-electron chi connectivity index (χ4n) is 1.76. The molecule has 1 aromatic heterocycles. The standard InChI is InChI=1S/C12H21N3/c1-2-3-7-13-12-14-8-10-15(12)9-6-11-4-5-11/h8,10-11H,2-7,9H2,1H3,(H,13,14). The van der Waals surface area contributed by atoms with Crippen molar-refractivity contribution in [3.8, 4) is 0 Å². The molecule has 0 spiro atoms. The minimum atomic E-state index is 0.996. The molecule has 1 aromatic rings. The minimum absolute atomic E-state index is 0.996. The fourth-order valence-corrected chi connectivity index (χ4v) is 1.76. The van der Waals surface area contributed by atoms with Gasteiger partial charge in [0.05, 0.1) is 0 Å². The Hall–Kier alpha value is -0.990. The Kier molecular flexibility index (Phi) is 3.64.